The molecule has 2 rings (SSSR count). The topological polar surface area (TPSA) is 26.3 Å². The Hall–Kier alpha value is -1.52. The van der Waals surface area contributed by atoms with Gasteiger partial charge in [-0.25, -0.2) is 13.2 Å². The van der Waals surface area contributed by atoms with Crippen molar-refractivity contribution in [1.82, 2.24) is 0 Å². The third kappa shape index (κ3) is 2.09. The number of carbonyl (C=O) groups is 1. The second-order valence-electron chi connectivity index (χ2n) is 4.52. The van der Waals surface area contributed by atoms with Gasteiger partial charge in [0.1, 0.15) is 11.2 Å². The van der Waals surface area contributed by atoms with Crippen molar-refractivity contribution in [3.05, 3.63) is 35.6 Å². The highest BCUT2D eigenvalue weighted by Gasteiger charge is 2.62. The largest absolute Gasteiger partial charge is 0.465 e. The van der Waals surface area contributed by atoms with Gasteiger partial charge in [0.15, 0.2) is 0 Å². The predicted octanol–water partition coefficient (Wildman–Crippen LogP) is 3.06. The Morgan fingerprint density at radius 2 is 1.83 bits per heavy atom. The molecule has 0 amide bonds. The first-order valence-electron chi connectivity index (χ1n) is 5.71. The summed E-state index contributed by atoms with van der Waals surface area (Å²) in [6.07, 6.45) is -1.16. The van der Waals surface area contributed by atoms with Crippen molar-refractivity contribution in [3.63, 3.8) is 0 Å². The number of carbonyl (C=O) groups excluding carboxylic acids is 1. The fourth-order valence-corrected chi connectivity index (χ4v) is 2.34. The number of benzene rings is 1. The second-order valence-corrected chi connectivity index (χ2v) is 4.52. The van der Waals surface area contributed by atoms with Crippen molar-refractivity contribution < 1.29 is 22.7 Å². The summed E-state index contributed by atoms with van der Waals surface area (Å²) in [6, 6.07) is 5.04. The Balaban J connectivity index is 2.32. The molecule has 1 saturated carbocycles. The maximum atomic E-state index is 13.1. The van der Waals surface area contributed by atoms with E-state index >= 15 is 0 Å². The molecule has 1 aliphatic carbocycles. The van der Waals surface area contributed by atoms with E-state index < -0.39 is 36.0 Å². The third-order valence-corrected chi connectivity index (χ3v) is 3.18. The van der Waals surface area contributed by atoms with Crippen molar-refractivity contribution in [2.24, 2.45) is 0 Å². The van der Waals surface area contributed by atoms with Crippen LogP contribution in [-0.2, 0) is 14.9 Å². The lowest BCUT2D eigenvalue weighted by Crippen LogP contribution is -2.55. The van der Waals surface area contributed by atoms with Crippen LogP contribution in [-0.4, -0.2) is 18.5 Å². The summed E-state index contributed by atoms with van der Waals surface area (Å²) in [7, 11) is 0. The fraction of sp³-hybridized carbons (Fsp3) is 0.462. The molecule has 0 bridgehead atoms. The van der Waals surface area contributed by atoms with Gasteiger partial charge in [0.2, 0.25) is 0 Å². The number of ether oxygens (including phenoxy) is 1. The van der Waals surface area contributed by atoms with E-state index in [9.17, 15) is 18.0 Å². The molecule has 1 aromatic carbocycles. The molecule has 1 fully saturated rings. The quantitative estimate of drug-likeness (QED) is 0.779. The van der Waals surface area contributed by atoms with Gasteiger partial charge < -0.3 is 4.74 Å². The van der Waals surface area contributed by atoms with Crippen LogP contribution in [0.2, 0.25) is 0 Å². The van der Waals surface area contributed by atoms with Crippen molar-refractivity contribution in [3.8, 4) is 0 Å². The number of hydrogen-bond donors (Lipinski definition) is 0. The number of esters is 1. The van der Waals surface area contributed by atoms with E-state index in [2.05, 4.69) is 0 Å². The average molecular weight is 258 g/mol. The maximum absolute atomic E-state index is 13.1. The minimum Gasteiger partial charge on any atom is -0.465 e. The standard InChI is InChI=1S/C13H13F3O2/c1-2-18-11(17)12(7-13(15,16)8-12)9-3-5-10(14)6-4-9/h3-6H,2,7-8H2,1H3. The van der Waals surface area contributed by atoms with Gasteiger partial charge in [0.05, 0.1) is 6.61 Å². The van der Waals surface area contributed by atoms with E-state index in [1.54, 1.807) is 6.92 Å². The summed E-state index contributed by atoms with van der Waals surface area (Å²) in [5.74, 6) is -3.99. The van der Waals surface area contributed by atoms with Crippen LogP contribution in [0.15, 0.2) is 24.3 Å². The highest BCUT2D eigenvalue weighted by molar-refractivity contribution is 5.85. The Labute approximate surface area is 103 Å². The van der Waals surface area contributed by atoms with E-state index in [-0.39, 0.29) is 6.61 Å². The number of hydrogen-bond acceptors (Lipinski definition) is 2. The van der Waals surface area contributed by atoms with Gasteiger partial charge in [-0.2, -0.15) is 0 Å². The van der Waals surface area contributed by atoms with Crippen LogP contribution in [0.25, 0.3) is 0 Å². The third-order valence-electron chi connectivity index (χ3n) is 3.18. The SMILES string of the molecule is CCOC(=O)C1(c2ccc(F)cc2)CC(F)(F)C1. The van der Waals surface area contributed by atoms with E-state index in [1.165, 1.54) is 12.1 Å². The highest BCUT2D eigenvalue weighted by Crippen LogP contribution is 2.54. The summed E-state index contributed by atoms with van der Waals surface area (Å²) in [5.41, 5.74) is -0.944. The van der Waals surface area contributed by atoms with E-state index in [4.69, 9.17) is 4.74 Å². The smallest absolute Gasteiger partial charge is 0.317 e. The number of rotatable bonds is 3. The lowest BCUT2D eigenvalue weighted by Gasteiger charge is -2.45. The molecule has 18 heavy (non-hydrogen) atoms. The van der Waals surface area contributed by atoms with E-state index in [0.717, 1.165) is 12.1 Å². The Morgan fingerprint density at radius 1 is 1.28 bits per heavy atom. The molecular formula is C13H13F3O2. The minimum absolute atomic E-state index is 0.132. The monoisotopic (exact) mass is 258 g/mol. The first-order chi connectivity index (χ1) is 8.39. The summed E-state index contributed by atoms with van der Waals surface area (Å²) in [4.78, 5) is 11.9. The zero-order valence-corrected chi connectivity index (χ0v) is 9.88. The Kier molecular flexibility index (Phi) is 3.09. The fourth-order valence-electron chi connectivity index (χ4n) is 2.34. The molecule has 0 N–H and O–H groups in total. The zero-order valence-electron chi connectivity index (χ0n) is 9.88. The average Bonchev–Trinajstić information content (AvgIpc) is 2.26. The summed E-state index contributed by atoms with van der Waals surface area (Å²) >= 11 is 0. The molecule has 0 unspecified atom stereocenters. The molecule has 1 aliphatic rings. The highest BCUT2D eigenvalue weighted by atomic mass is 19.3. The summed E-state index contributed by atoms with van der Waals surface area (Å²) in [5, 5.41) is 0. The molecule has 0 aliphatic heterocycles. The molecule has 0 aromatic heterocycles. The summed E-state index contributed by atoms with van der Waals surface area (Å²) in [6.45, 7) is 1.75. The lowest BCUT2D eigenvalue weighted by atomic mass is 9.62. The first kappa shape index (κ1) is 12.9. The molecule has 0 heterocycles. The molecule has 0 radical (unpaired) electrons. The molecule has 98 valence electrons. The van der Waals surface area contributed by atoms with Gasteiger partial charge in [-0.05, 0) is 24.6 Å². The van der Waals surface area contributed by atoms with Gasteiger partial charge >= 0.3 is 5.97 Å². The molecule has 2 nitrogen and oxygen atoms in total. The van der Waals surface area contributed by atoms with Crippen LogP contribution in [0.3, 0.4) is 0 Å². The Bertz CT molecular complexity index is 446. The van der Waals surface area contributed by atoms with Crippen molar-refractivity contribution in [2.45, 2.75) is 31.1 Å². The van der Waals surface area contributed by atoms with Crippen molar-refractivity contribution in [2.75, 3.05) is 6.61 Å². The van der Waals surface area contributed by atoms with Crippen LogP contribution in [0.1, 0.15) is 25.3 Å². The van der Waals surface area contributed by atoms with Gasteiger partial charge in [-0.1, -0.05) is 12.1 Å². The van der Waals surface area contributed by atoms with Gasteiger partial charge in [0, 0.05) is 12.8 Å². The summed E-state index contributed by atoms with van der Waals surface area (Å²) < 4.78 is 43.9. The molecule has 0 atom stereocenters. The Morgan fingerprint density at radius 3 is 2.28 bits per heavy atom. The zero-order chi connectivity index (χ0) is 13.4. The minimum atomic E-state index is -2.86. The van der Waals surface area contributed by atoms with Crippen LogP contribution >= 0.6 is 0 Å². The normalized spacial score (nSPS) is 20.0. The number of halogens is 3. The van der Waals surface area contributed by atoms with Crippen LogP contribution < -0.4 is 0 Å². The first-order valence-corrected chi connectivity index (χ1v) is 5.71. The molecule has 1 aromatic rings. The van der Waals surface area contributed by atoms with Gasteiger partial charge in [-0.15, -0.1) is 0 Å². The van der Waals surface area contributed by atoms with Crippen molar-refractivity contribution in [1.29, 1.82) is 0 Å². The molecular weight excluding hydrogens is 245 g/mol. The maximum Gasteiger partial charge on any atom is 0.317 e. The second kappa shape index (κ2) is 4.30. The van der Waals surface area contributed by atoms with Gasteiger partial charge in [0.25, 0.3) is 5.92 Å². The van der Waals surface area contributed by atoms with E-state index in [0.29, 0.717) is 5.56 Å². The lowest BCUT2D eigenvalue weighted by molar-refractivity contribution is -0.179. The predicted molar refractivity (Wildman–Crippen MR) is 58.9 cm³/mol. The molecule has 0 saturated heterocycles. The van der Waals surface area contributed by atoms with Crippen molar-refractivity contribution >= 4 is 5.97 Å². The number of alkyl halides is 2. The van der Waals surface area contributed by atoms with E-state index in [1.807, 2.05) is 0 Å². The van der Waals surface area contributed by atoms with Gasteiger partial charge in [-0.3, -0.25) is 4.79 Å². The van der Waals surface area contributed by atoms with Crippen LogP contribution in [0, 0.1) is 5.82 Å². The van der Waals surface area contributed by atoms with Crippen LogP contribution in [0.4, 0.5) is 13.2 Å². The van der Waals surface area contributed by atoms with Crippen LogP contribution in [0.5, 0.6) is 0 Å². The molecule has 0 spiro atoms. The molecule has 5 heteroatoms.